The number of hydrogen-bond acceptors (Lipinski definition) is 2. The molecule has 0 aliphatic carbocycles. The van der Waals surface area contributed by atoms with Crippen LogP contribution < -0.4 is 0 Å². The van der Waals surface area contributed by atoms with Gasteiger partial charge in [-0.2, -0.15) is 0 Å². The molecule has 0 spiro atoms. The molecular weight excluding hydrogens is 604 g/mol. The molecule has 292 valence electrons. The third-order valence-corrected chi connectivity index (χ3v) is 11.8. The van der Waals surface area contributed by atoms with Crippen LogP contribution in [0.25, 0.3) is 0 Å². The molecule has 4 heteroatoms. The Morgan fingerprint density at radius 1 is 0.347 bits per heavy atom. The van der Waals surface area contributed by atoms with Crippen LogP contribution in [-0.2, 0) is 9.59 Å². The Morgan fingerprint density at radius 3 is 0.796 bits per heavy atom. The average Bonchev–Trinajstić information content (AvgIpc) is 3.08. The van der Waals surface area contributed by atoms with Crippen molar-refractivity contribution in [3.05, 3.63) is 0 Å². The minimum absolute atomic E-state index is 0.0142. The second kappa shape index (κ2) is 34.0. The van der Waals surface area contributed by atoms with Gasteiger partial charge in [0.2, 0.25) is 0 Å². The fourth-order valence-corrected chi connectivity index (χ4v) is 8.65. The molecule has 0 rings (SSSR count). The van der Waals surface area contributed by atoms with Gasteiger partial charge in [-0.05, 0) is 31.1 Å². The fourth-order valence-electron chi connectivity index (χ4n) is 8.65. The van der Waals surface area contributed by atoms with Crippen molar-refractivity contribution >= 4 is 11.9 Å². The van der Waals surface area contributed by atoms with E-state index in [0.717, 1.165) is 64.2 Å². The molecule has 0 amide bonds. The summed E-state index contributed by atoms with van der Waals surface area (Å²) in [4.78, 5) is 26.6. The van der Waals surface area contributed by atoms with Gasteiger partial charge in [0.25, 0.3) is 0 Å². The Kier molecular flexibility index (Phi) is 33.3. The molecule has 4 nitrogen and oxygen atoms in total. The van der Waals surface area contributed by atoms with E-state index in [9.17, 15) is 19.8 Å². The van der Waals surface area contributed by atoms with E-state index >= 15 is 0 Å². The van der Waals surface area contributed by atoms with Crippen LogP contribution in [0.2, 0.25) is 0 Å². The second-order valence-corrected chi connectivity index (χ2v) is 16.1. The molecule has 0 saturated heterocycles. The number of hydrogen-bond donors (Lipinski definition) is 2. The number of rotatable bonds is 40. The van der Waals surface area contributed by atoms with Crippen molar-refractivity contribution < 1.29 is 19.8 Å². The van der Waals surface area contributed by atoms with Gasteiger partial charge in [-0.15, -0.1) is 0 Å². The first-order valence-corrected chi connectivity index (χ1v) is 22.3. The van der Waals surface area contributed by atoms with E-state index in [2.05, 4.69) is 27.7 Å². The van der Waals surface area contributed by atoms with Crippen LogP contribution in [0.15, 0.2) is 0 Å². The largest absolute Gasteiger partial charge is 0.481 e. The molecule has 0 aromatic carbocycles. The van der Waals surface area contributed by atoms with E-state index in [-0.39, 0.29) is 6.42 Å². The lowest BCUT2D eigenvalue weighted by molar-refractivity contribution is -0.167. The number of carbonyl (C=O) groups is 2. The van der Waals surface area contributed by atoms with Crippen molar-refractivity contribution in [3.63, 3.8) is 0 Å². The van der Waals surface area contributed by atoms with Gasteiger partial charge in [-0.25, -0.2) is 0 Å². The summed E-state index contributed by atoms with van der Waals surface area (Å²) in [5.74, 6) is -1.49. The SMILES string of the molecule is CCCCCCCCCCC(CCCCCCCCCC)(CC(=O)O)C(CCCCCCCCCC)(CCCCCCCCCC)C(=O)O. The highest BCUT2D eigenvalue weighted by atomic mass is 16.4. The van der Waals surface area contributed by atoms with E-state index in [0.29, 0.717) is 12.8 Å². The van der Waals surface area contributed by atoms with Gasteiger partial charge in [0, 0.05) is 0 Å². The van der Waals surface area contributed by atoms with Crippen molar-refractivity contribution in [2.24, 2.45) is 10.8 Å². The molecule has 0 aromatic heterocycles. The first-order chi connectivity index (χ1) is 23.9. The smallest absolute Gasteiger partial charge is 0.310 e. The van der Waals surface area contributed by atoms with Gasteiger partial charge in [0.05, 0.1) is 11.8 Å². The molecule has 0 unspecified atom stereocenters. The number of carboxylic acid groups (broad SMARTS) is 2. The Bertz CT molecular complexity index is 692. The summed E-state index contributed by atoms with van der Waals surface area (Å²) in [6.07, 6.45) is 41.1. The van der Waals surface area contributed by atoms with Crippen LogP contribution in [0.1, 0.15) is 265 Å². The number of carboxylic acids is 2. The summed E-state index contributed by atoms with van der Waals surface area (Å²) in [6, 6.07) is 0. The monoisotopic (exact) mass is 693 g/mol. The molecule has 0 atom stereocenters. The Morgan fingerprint density at radius 2 is 0.571 bits per heavy atom. The van der Waals surface area contributed by atoms with Crippen molar-refractivity contribution in [2.45, 2.75) is 265 Å². The Labute approximate surface area is 307 Å². The third-order valence-electron chi connectivity index (χ3n) is 11.8. The summed E-state index contributed by atoms with van der Waals surface area (Å²) in [5.41, 5.74) is -1.62. The summed E-state index contributed by atoms with van der Waals surface area (Å²) in [7, 11) is 0. The number of aliphatic carboxylic acids is 2. The lowest BCUT2D eigenvalue weighted by atomic mass is 9.53. The number of unbranched alkanes of at least 4 members (excludes halogenated alkanes) is 28. The van der Waals surface area contributed by atoms with E-state index in [1.807, 2.05) is 0 Å². The molecule has 0 heterocycles. The average molecular weight is 693 g/mol. The van der Waals surface area contributed by atoms with Gasteiger partial charge in [-0.3, -0.25) is 9.59 Å². The maximum atomic E-state index is 13.8. The van der Waals surface area contributed by atoms with Crippen molar-refractivity contribution in [3.8, 4) is 0 Å². The van der Waals surface area contributed by atoms with Crippen molar-refractivity contribution in [1.29, 1.82) is 0 Å². The highest BCUT2D eigenvalue weighted by Crippen LogP contribution is 2.56. The van der Waals surface area contributed by atoms with E-state index in [1.165, 1.54) is 154 Å². The lowest BCUT2D eigenvalue weighted by Crippen LogP contribution is -2.49. The summed E-state index contributed by atoms with van der Waals surface area (Å²) < 4.78 is 0. The minimum atomic E-state index is -0.946. The molecule has 49 heavy (non-hydrogen) atoms. The molecule has 0 aliphatic heterocycles. The third kappa shape index (κ3) is 23.9. The zero-order valence-corrected chi connectivity index (χ0v) is 33.9. The molecule has 2 N–H and O–H groups in total. The van der Waals surface area contributed by atoms with Gasteiger partial charge in [0.1, 0.15) is 0 Å². The predicted molar refractivity (Wildman–Crippen MR) is 214 cm³/mol. The van der Waals surface area contributed by atoms with Gasteiger partial charge < -0.3 is 10.2 Å². The van der Waals surface area contributed by atoms with Gasteiger partial charge in [0.15, 0.2) is 0 Å². The van der Waals surface area contributed by atoms with Crippen molar-refractivity contribution in [2.75, 3.05) is 0 Å². The summed E-state index contributed by atoms with van der Waals surface area (Å²) in [5, 5.41) is 21.8. The van der Waals surface area contributed by atoms with Gasteiger partial charge in [-0.1, -0.05) is 233 Å². The maximum absolute atomic E-state index is 13.8. The molecule has 0 radical (unpaired) electrons. The molecule has 0 aliphatic rings. The van der Waals surface area contributed by atoms with Crippen LogP contribution in [0, 0.1) is 10.8 Å². The van der Waals surface area contributed by atoms with Crippen LogP contribution >= 0.6 is 0 Å². The van der Waals surface area contributed by atoms with Crippen LogP contribution in [0.3, 0.4) is 0 Å². The quantitative estimate of drug-likeness (QED) is 0.0627. The minimum Gasteiger partial charge on any atom is -0.481 e. The van der Waals surface area contributed by atoms with Crippen LogP contribution in [0.5, 0.6) is 0 Å². The predicted octanol–water partition coefficient (Wildman–Crippen LogP) is 15.6. The zero-order chi connectivity index (χ0) is 36.3. The zero-order valence-electron chi connectivity index (χ0n) is 33.9. The fraction of sp³-hybridized carbons (Fsp3) is 0.956. The second-order valence-electron chi connectivity index (χ2n) is 16.1. The molecule has 0 aromatic rings. The first kappa shape index (κ1) is 47.9. The van der Waals surface area contributed by atoms with Crippen molar-refractivity contribution in [1.82, 2.24) is 0 Å². The highest BCUT2D eigenvalue weighted by molar-refractivity contribution is 5.78. The van der Waals surface area contributed by atoms with E-state index in [1.54, 1.807) is 0 Å². The topological polar surface area (TPSA) is 74.6 Å². The Balaban J connectivity index is 6.02. The first-order valence-electron chi connectivity index (χ1n) is 22.3. The van der Waals surface area contributed by atoms with Gasteiger partial charge >= 0.3 is 11.9 Å². The van der Waals surface area contributed by atoms with Crippen LogP contribution in [0.4, 0.5) is 0 Å². The lowest BCUT2D eigenvalue weighted by Gasteiger charge is -2.49. The van der Waals surface area contributed by atoms with Crippen LogP contribution in [-0.4, -0.2) is 22.2 Å². The maximum Gasteiger partial charge on any atom is 0.310 e. The summed E-state index contributed by atoms with van der Waals surface area (Å²) >= 11 is 0. The highest BCUT2D eigenvalue weighted by Gasteiger charge is 2.55. The Hall–Kier alpha value is -1.06. The molecule has 0 bridgehead atoms. The summed E-state index contributed by atoms with van der Waals surface area (Å²) in [6.45, 7) is 9.01. The van der Waals surface area contributed by atoms with E-state index < -0.39 is 22.8 Å². The normalized spacial score (nSPS) is 12.2. The standard InChI is InChI=1S/C45H88O4/c1-5-9-13-17-21-25-29-33-37-44(41-42(46)47,38-34-30-26-22-18-14-10-6-2)45(43(48)49,39-35-31-27-23-19-15-11-7-3)40-36-32-28-24-20-16-12-8-4/h5-41H2,1-4H3,(H,46,47)(H,48,49). The van der Waals surface area contributed by atoms with E-state index in [4.69, 9.17) is 0 Å². The molecular formula is C45H88O4. The molecule has 0 fully saturated rings. The molecule has 0 saturated carbocycles.